The average Bonchev–Trinajstić information content (AvgIpc) is 2.02. The molecule has 3 aliphatic rings. The van der Waals surface area contributed by atoms with Gasteiger partial charge in [-0.15, -0.1) is 11.6 Å². The lowest BCUT2D eigenvalue weighted by Crippen LogP contribution is -2.44. The largest absolute Gasteiger partial charge is 0.122 e. The summed E-state index contributed by atoms with van der Waals surface area (Å²) in [6.07, 6.45) is 3.62. The zero-order valence-electron chi connectivity index (χ0n) is 5.99. The molecule has 0 heterocycles. The molecule has 0 aliphatic heterocycles. The van der Waals surface area contributed by atoms with Gasteiger partial charge in [0.2, 0.25) is 0 Å². The molecule has 0 nitrogen and oxygen atoms in total. The topological polar surface area (TPSA) is 0 Å². The Balaban J connectivity index is 2.24. The summed E-state index contributed by atoms with van der Waals surface area (Å²) < 4.78 is 0.469. The van der Waals surface area contributed by atoms with E-state index in [0.29, 0.717) is 21.7 Å². The summed E-state index contributed by atoms with van der Waals surface area (Å²) in [5, 5.41) is 0.311. The number of hydrogen-bond acceptors (Lipinski definition) is 0. The molecule has 62 valence electrons. The molecule has 3 saturated carbocycles. The number of alkyl halides is 1. The minimum Gasteiger partial charge on any atom is -0.122 e. The summed E-state index contributed by atoms with van der Waals surface area (Å²) in [5.74, 6) is 0.973. The standard InChI is InChI=1S/C8H9Cl3/c9-7-4-2-1-3-5(7)6(4)8(10)11/h4-5,7H,1-3H2. The van der Waals surface area contributed by atoms with Crippen LogP contribution in [0.4, 0.5) is 0 Å². The first kappa shape index (κ1) is 8.22. The van der Waals surface area contributed by atoms with Crippen molar-refractivity contribution in [3.05, 3.63) is 10.1 Å². The van der Waals surface area contributed by atoms with E-state index in [9.17, 15) is 0 Å². The third kappa shape index (κ3) is 1.11. The Labute approximate surface area is 81.5 Å². The van der Waals surface area contributed by atoms with Crippen LogP contribution in [-0.2, 0) is 0 Å². The second-order valence-electron chi connectivity index (χ2n) is 3.30. The number of allylic oxidation sites excluding steroid dienone is 1. The van der Waals surface area contributed by atoms with Gasteiger partial charge in [0.05, 0.1) is 0 Å². The Morgan fingerprint density at radius 2 is 1.73 bits per heavy atom. The normalized spacial score (nSPS) is 41.7. The average molecular weight is 212 g/mol. The van der Waals surface area contributed by atoms with E-state index < -0.39 is 0 Å². The van der Waals surface area contributed by atoms with Crippen molar-refractivity contribution in [2.24, 2.45) is 11.8 Å². The monoisotopic (exact) mass is 210 g/mol. The molecule has 3 aliphatic carbocycles. The lowest BCUT2D eigenvalue weighted by atomic mass is 9.61. The SMILES string of the molecule is ClC(Cl)=C1C2CCCC1C2Cl. The van der Waals surface area contributed by atoms with Crippen LogP contribution >= 0.6 is 34.8 Å². The fraction of sp³-hybridized carbons (Fsp3) is 0.750. The van der Waals surface area contributed by atoms with Crippen molar-refractivity contribution in [3.63, 3.8) is 0 Å². The second-order valence-corrected chi connectivity index (χ2v) is 4.76. The van der Waals surface area contributed by atoms with E-state index in [-0.39, 0.29) is 0 Å². The van der Waals surface area contributed by atoms with Crippen molar-refractivity contribution in [2.75, 3.05) is 0 Å². The molecule has 3 rings (SSSR count). The van der Waals surface area contributed by atoms with Gasteiger partial charge in [-0.05, 0) is 30.3 Å². The van der Waals surface area contributed by atoms with Crippen LogP contribution < -0.4 is 0 Å². The van der Waals surface area contributed by atoms with E-state index in [1.54, 1.807) is 0 Å². The van der Waals surface area contributed by atoms with Gasteiger partial charge in [0.1, 0.15) is 4.49 Å². The Morgan fingerprint density at radius 3 is 2.00 bits per heavy atom. The van der Waals surface area contributed by atoms with Gasteiger partial charge in [-0.3, -0.25) is 0 Å². The van der Waals surface area contributed by atoms with Gasteiger partial charge in [-0.2, -0.15) is 0 Å². The van der Waals surface area contributed by atoms with Crippen LogP contribution in [0.5, 0.6) is 0 Å². The van der Waals surface area contributed by atoms with Crippen molar-refractivity contribution in [1.29, 1.82) is 0 Å². The number of fused-ring (bicyclic) bond motifs is 2. The van der Waals surface area contributed by atoms with Crippen LogP contribution in [-0.4, -0.2) is 5.38 Å². The molecule has 3 heteroatoms. The molecule has 0 aromatic heterocycles. The minimum absolute atomic E-state index is 0.311. The summed E-state index contributed by atoms with van der Waals surface area (Å²) in [7, 11) is 0. The molecule has 0 radical (unpaired) electrons. The predicted octanol–water partition coefficient (Wildman–Crippen LogP) is 3.71. The molecule has 2 bridgehead atoms. The first-order valence-corrected chi connectivity index (χ1v) is 5.10. The molecule has 0 amide bonds. The highest BCUT2D eigenvalue weighted by Crippen LogP contribution is 2.55. The third-order valence-corrected chi connectivity index (χ3v) is 3.86. The molecule has 0 spiro atoms. The van der Waals surface area contributed by atoms with Crippen molar-refractivity contribution in [2.45, 2.75) is 24.6 Å². The molecule has 3 fully saturated rings. The van der Waals surface area contributed by atoms with Crippen LogP contribution in [0.2, 0.25) is 0 Å². The van der Waals surface area contributed by atoms with Crippen molar-refractivity contribution in [3.8, 4) is 0 Å². The molecule has 0 aromatic carbocycles. The lowest BCUT2D eigenvalue weighted by Gasteiger charge is -2.48. The number of rotatable bonds is 0. The zero-order chi connectivity index (χ0) is 8.01. The quantitative estimate of drug-likeness (QED) is 0.536. The van der Waals surface area contributed by atoms with E-state index in [2.05, 4.69) is 0 Å². The van der Waals surface area contributed by atoms with Crippen LogP contribution in [0.3, 0.4) is 0 Å². The van der Waals surface area contributed by atoms with Crippen LogP contribution in [0.1, 0.15) is 19.3 Å². The first-order valence-electron chi connectivity index (χ1n) is 3.91. The molecule has 11 heavy (non-hydrogen) atoms. The van der Waals surface area contributed by atoms with Crippen LogP contribution in [0.25, 0.3) is 0 Å². The fourth-order valence-corrected chi connectivity index (χ4v) is 3.33. The Bertz CT molecular complexity index is 191. The van der Waals surface area contributed by atoms with Crippen LogP contribution in [0, 0.1) is 11.8 Å². The highest BCUT2D eigenvalue weighted by atomic mass is 35.5. The van der Waals surface area contributed by atoms with E-state index in [0.717, 1.165) is 0 Å². The predicted molar refractivity (Wildman–Crippen MR) is 49.2 cm³/mol. The highest BCUT2D eigenvalue weighted by molar-refractivity contribution is 6.56. The van der Waals surface area contributed by atoms with Gasteiger partial charge in [-0.1, -0.05) is 29.6 Å². The Kier molecular flexibility index (Phi) is 2.11. The van der Waals surface area contributed by atoms with Gasteiger partial charge in [0, 0.05) is 5.38 Å². The van der Waals surface area contributed by atoms with E-state index >= 15 is 0 Å². The zero-order valence-corrected chi connectivity index (χ0v) is 8.26. The number of halogens is 3. The first-order chi connectivity index (χ1) is 5.22. The molecular weight excluding hydrogens is 202 g/mol. The molecule has 2 unspecified atom stereocenters. The van der Waals surface area contributed by atoms with Gasteiger partial charge in [-0.25, -0.2) is 0 Å². The van der Waals surface area contributed by atoms with E-state index in [1.165, 1.54) is 24.8 Å². The minimum atomic E-state index is 0.311. The molecule has 2 atom stereocenters. The van der Waals surface area contributed by atoms with Gasteiger partial charge in [0.15, 0.2) is 0 Å². The molecule has 0 N–H and O–H groups in total. The summed E-state index contributed by atoms with van der Waals surface area (Å²) in [6, 6.07) is 0. The lowest BCUT2D eigenvalue weighted by molar-refractivity contribution is 0.223. The maximum absolute atomic E-state index is 6.10. The maximum Gasteiger partial charge on any atom is 0.106 e. The maximum atomic E-state index is 6.10. The van der Waals surface area contributed by atoms with Crippen molar-refractivity contribution >= 4 is 34.8 Å². The summed E-state index contributed by atoms with van der Waals surface area (Å²) in [4.78, 5) is 0. The van der Waals surface area contributed by atoms with E-state index in [1.807, 2.05) is 0 Å². The highest BCUT2D eigenvalue weighted by Gasteiger charge is 2.48. The third-order valence-electron chi connectivity index (χ3n) is 2.82. The van der Waals surface area contributed by atoms with Gasteiger partial charge < -0.3 is 0 Å². The summed E-state index contributed by atoms with van der Waals surface area (Å²) in [5.41, 5.74) is 1.22. The molecule has 0 aromatic rings. The molecule has 0 saturated heterocycles. The summed E-state index contributed by atoms with van der Waals surface area (Å²) >= 11 is 17.6. The van der Waals surface area contributed by atoms with Crippen LogP contribution in [0.15, 0.2) is 10.1 Å². The van der Waals surface area contributed by atoms with E-state index in [4.69, 9.17) is 34.8 Å². The smallest absolute Gasteiger partial charge is 0.106 e. The molecular formula is C8H9Cl3. The fourth-order valence-electron chi connectivity index (χ4n) is 2.25. The number of hydrogen-bond donors (Lipinski definition) is 0. The summed E-state index contributed by atoms with van der Waals surface area (Å²) in [6.45, 7) is 0. The van der Waals surface area contributed by atoms with Crippen molar-refractivity contribution < 1.29 is 0 Å². The second kappa shape index (κ2) is 2.83. The van der Waals surface area contributed by atoms with Gasteiger partial charge in [0.25, 0.3) is 0 Å². The van der Waals surface area contributed by atoms with Gasteiger partial charge >= 0.3 is 0 Å². The Hall–Kier alpha value is 0.610. The Morgan fingerprint density at radius 1 is 1.18 bits per heavy atom. The van der Waals surface area contributed by atoms with Crippen molar-refractivity contribution in [1.82, 2.24) is 0 Å².